The first-order valence-corrected chi connectivity index (χ1v) is 15.7. The van der Waals surface area contributed by atoms with E-state index in [9.17, 15) is 23.5 Å². The third-order valence-corrected chi connectivity index (χ3v) is 8.08. The van der Waals surface area contributed by atoms with E-state index in [1.54, 1.807) is 20.8 Å². The highest BCUT2D eigenvalue weighted by Gasteiger charge is 2.49. The van der Waals surface area contributed by atoms with Crippen LogP contribution >= 0.6 is 0 Å². The van der Waals surface area contributed by atoms with E-state index in [2.05, 4.69) is 0 Å². The molecule has 1 fully saturated rings. The third-order valence-electron chi connectivity index (χ3n) is 8.08. The molecule has 1 aliphatic rings. The summed E-state index contributed by atoms with van der Waals surface area (Å²) in [4.78, 5) is 32.6. The van der Waals surface area contributed by atoms with Crippen molar-refractivity contribution in [1.82, 2.24) is 14.7 Å². The zero-order valence-corrected chi connectivity index (χ0v) is 26.9. The molecule has 0 unspecified atom stereocenters. The van der Waals surface area contributed by atoms with Crippen LogP contribution in [-0.2, 0) is 35.6 Å². The van der Waals surface area contributed by atoms with Crippen LogP contribution in [0.3, 0.4) is 0 Å². The molecule has 4 aromatic rings. The molecule has 0 spiro atoms. The molecule has 4 aromatic carbocycles. The number of aliphatic hydroxyl groups is 1. The van der Waals surface area contributed by atoms with Crippen LogP contribution in [0.15, 0.2) is 109 Å². The smallest absolute Gasteiger partial charge is 0.412 e. The van der Waals surface area contributed by atoms with Crippen LogP contribution in [0.2, 0.25) is 0 Å². The summed E-state index contributed by atoms with van der Waals surface area (Å²) in [6, 6.07) is 29.8. The van der Waals surface area contributed by atoms with Crippen molar-refractivity contribution in [2.45, 2.75) is 70.6 Å². The molecule has 1 heterocycles. The summed E-state index contributed by atoms with van der Waals surface area (Å²) in [5.74, 6) is -1.93. The molecule has 47 heavy (non-hydrogen) atoms. The first-order valence-electron chi connectivity index (χ1n) is 15.7. The Morgan fingerprint density at radius 1 is 0.830 bits per heavy atom. The van der Waals surface area contributed by atoms with Gasteiger partial charge in [-0.3, -0.25) is 14.6 Å². The molecule has 1 aliphatic heterocycles. The van der Waals surface area contributed by atoms with Gasteiger partial charge in [-0.1, -0.05) is 91.0 Å². The van der Waals surface area contributed by atoms with Gasteiger partial charge >= 0.3 is 6.09 Å². The number of halogens is 2. The lowest BCUT2D eigenvalue weighted by Gasteiger charge is -2.39. The molecule has 2 amide bonds. The van der Waals surface area contributed by atoms with Crippen LogP contribution in [0.1, 0.15) is 43.0 Å². The van der Waals surface area contributed by atoms with E-state index in [1.165, 1.54) is 21.9 Å². The summed E-state index contributed by atoms with van der Waals surface area (Å²) in [7, 11) is 0. The fourth-order valence-corrected chi connectivity index (χ4v) is 5.99. The van der Waals surface area contributed by atoms with Gasteiger partial charge in [-0.15, -0.1) is 0 Å². The van der Waals surface area contributed by atoms with Gasteiger partial charge in [-0.2, -0.15) is 0 Å². The SMILES string of the molecule is CC(C)(C)OC(=O)N1CN(Cc2ccccc2)C(=O)[C@@H]1[C@@H](O)[C@H](Cc1cc(F)cc(F)c1)N(Cc1ccccc1)Cc1ccccc1. The summed E-state index contributed by atoms with van der Waals surface area (Å²) < 4.78 is 34.7. The maximum atomic E-state index is 14.5. The summed E-state index contributed by atoms with van der Waals surface area (Å²) in [5.41, 5.74) is 2.21. The van der Waals surface area contributed by atoms with E-state index >= 15 is 0 Å². The predicted molar refractivity (Wildman–Crippen MR) is 176 cm³/mol. The second kappa shape index (κ2) is 14.9. The standard InChI is InChI=1S/C38H41F2N3O4/c1-38(2,3)47-37(46)43-26-42(25-29-17-11-6-12-18-29)36(45)34(43)35(44)33(21-30-19-31(39)22-32(40)20-30)41(23-27-13-7-4-8-14-27)24-28-15-9-5-10-16-28/h4-20,22,33-35,44H,21,23-26H2,1-3H3/t33-,34-,35-/m0/s1. The van der Waals surface area contributed by atoms with Gasteiger partial charge in [0.2, 0.25) is 5.91 Å². The van der Waals surface area contributed by atoms with E-state index in [0.29, 0.717) is 18.7 Å². The number of carbonyl (C=O) groups excluding carboxylic acids is 2. The lowest BCUT2D eigenvalue weighted by molar-refractivity contribution is -0.133. The largest absolute Gasteiger partial charge is 0.444 e. The van der Waals surface area contributed by atoms with Crippen molar-refractivity contribution in [3.63, 3.8) is 0 Å². The molecule has 7 nitrogen and oxygen atoms in total. The fraction of sp³-hybridized carbons (Fsp3) is 0.316. The minimum Gasteiger partial charge on any atom is -0.444 e. The Kier molecular flexibility index (Phi) is 10.7. The highest BCUT2D eigenvalue weighted by Crippen LogP contribution is 2.29. The average Bonchev–Trinajstić information content (AvgIpc) is 3.35. The van der Waals surface area contributed by atoms with Crippen molar-refractivity contribution < 1.29 is 28.2 Å². The number of hydrogen-bond acceptors (Lipinski definition) is 5. The highest BCUT2D eigenvalue weighted by molar-refractivity contribution is 5.89. The van der Waals surface area contributed by atoms with Crippen LogP contribution in [-0.4, -0.2) is 62.3 Å². The monoisotopic (exact) mass is 641 g/mol. The molecule has 3 atom stereocenters. The Hall–Kier alpha value is -4.60. The summed E-state index contributed by atoms with van der Waals surface area (Å²) >= 11 is 0. The zero-order valence-electron chi connectivity index (χ0n) is 26.9. The van der Waals surface area contributed by atoms with Crippen LogP contribution in [0.25, 0.3) is 0 Å². The molecule has 1 saturated heterocycles. The van der Waals surface area contributed by atoms with E-state index in [-0.39, 0.29) is 19.6 Å². The second-order valence-electron chi connectivity index (χ2n) is 13.0. The Morgan fingerprint density at radius 3 is 1.81 bits per heavy atom. The normalized spacial score (nSPS) is 16.4. The van der Waals surface area contributed by atoms with Crippen molar-refractivity contribution in [2.75, 3.05) is 6.67 Å². The van der Waals surface area contributed by atoms with E-state index in [1.807, 2.05) is 95.9 Å². The molecule has 0 saturated carbocycles. The molecule has 9 heteroatoms. The topological polar surface area (TPSA) is 73.3 Å². The number of benzene rings is 4. The molecular formula is C38H41F2N3O4. The summed E-state index contributed by atoms with van der Waals surface area (Å²) in [5, 5.41) is 12.4. The Balaban J connectivity index is 1.57. The molecule has 1 N–H and O–H groups in total. The van der Waals surface area contributed by atoms with Crippen LogP contribution < -0.4 is 0 Å². The number of carbonyl (C=O) groups is 2. The predicted octanol–water partition coefficient (Wildman–Crippen LogP) is 6.54. The van der Waals surface area contributed by atoms with Gasteiger partial charge in [-0.25, -0.2) is 13.6 Å². The minimum atomic E-state index is -1.46. The van der Waals surface area contributed by atoms with Crippen molar-refractivity contribution in [2.24, 2.45) is 0 Å². The number of aliphatic hydroxyl groups excluding tert-OH is 1. The Bertz CT molecular complexity index is 1570. The molecular weight excluding hydrogens is 600 g/mol. The lowest BCUT2D eigenvalue weighted by atomic mass is 9.93. The quantitative estimate of drug-likeness (QED) is 0.201. The molecule has 0 radical (unpaired) electrons. The number of amides is 2. The van der Waals surface area contributed by atoms with Gasteiger partial charge in [0.05, 0.1) is 6.10 Å². The molecule has 0 bridgehead atoms. The lowest BCUT2D eigenvalue weighted by Crippen LogP contribution is -2.56. The van der Waals surface area contributed by atoms with Crippen LogP contribution in [0.5, 0.6) is 0 Å². The minimum absolute atomic E-state index is 0.000136. The van der Waals surface area contributed by atoms with Gasteiger partial charge in [0.15, 0.2) is 0 Å². The van der Waals surface area contributed by atoms with Gasteiger partial charge < -0.3 is 14.7 Å². The summed E-state index contributed by atoms with van der Waals surface area (Å²) in [6.45, 7) is 6.05. The maximum absolute atomic E-state index is 14.5. The zero-order chi connectivity index (χ0) is 33.6. The van der Waals surface area contributed by atoms with Crippen molar-refractivity contribution >= 4 is 12.0 Å². The number of ether oxygens (including phenoxy) is 1. The first kappa shape index (κ1) is 33.8. The average molecular weight is 642 g/mol. The highest BCUT2D eigenvalue weighted by atomic mass is 19.1. The second-order valence-corrected chi connectivity index (χ2v) is 13.0. The number of rotatable bonds is 11. The Morgan fingerprint density at radius 2 is 1.32 bits per heavy atom. The van der Waals surface area contributed by atoms with Gasteiger partial charge in [0, 0.05) is 31.7 Å². The maximum Gasteiger partial charge on any atom is 0.412 e. The van der Waals surface area contributed by atoms with Crippen molar-refractivity contribution in [1.29, 1.82) is 0 Å². The number of hydrogen-bond donors (Lipinski definition) is 1. The first-order chi connectivity index (χ1) is 22.5. The third kappa shape index (κ3) is 9.02. The molecule has 246 valence electrons. The van der Waals surface area contributed by atoms with Gasteiger partial charge in [0.25, 0.3) is 0 Å². The van der Waals surface area contributed by atoms with Crippen LogP contribution in [0, 0.1) is 11.6 Å². The summed E-state index contributed by atoms with van der Waals surface area (Å²) in [6.07, 6.45) is -2.20. The van der Waals surface area contributed by atoms with Crippen molar-refractivity contribution in [3.8, 4) is 0 Å². The molecule has 5 rings (SSSR count). The van der Waals surface area contributed by atoms with Crippen molar-refractivity contribution in [3.05, 3.63) is 143 Å². The molecule has 0 aliphatic carbocycles. The molecule has 0 aromatic heterocycles. The van der Waals surface area contributed by atoms with E-state index in [4.69, 9.17) is 4.74 Å². The van der Waals surface area contributed by atoms with Gasteiger partial charge in [0.1, 0.15) is 29.9 Å². The fourth-order valence-electron chi connectivity index (χ4n) is 5.99. The van der Waals surface area contributed by atoms with E-state index < -0.39 is 47.4 Å². The van der Waals surface area contributed by atoms with Gasteiger partial charge in [-0.05, 0) is 61.6 Å². The van der Waals surface area contributed by atoms with Crippen LogP contribution in [0.4, 0.5) is 13.6 Å². The Labute approximate surface area is 275 Å². The van der Waals surface area contributed by atoms with E-state index in [0.717, 1.165) is 22.8 Å². The number of nitrogens with zero attached hydrogens (tertiary/aromatic N) is 3.